The molecule has 1 aliphatic rings. The first-order valence-corrected chi connectivity index (χ1v) is 6.84. The van der Waals surface area contributed by atoms with E-state index < -0.39 is 11.5 Å². The van der Waals surface area contributed by atoms with Crippen LogP contribution >= 0.6 is 0 Å². The lowest BCUT2D eigenvalue weighted by Gasteiger charge is -2.40. The van der Waals surface area contributed by atoms with Crippen molar-refractivity contribution in [1.82, 2.24) is 0 Å². The summed E-state index contributed by atoms with van der Waals surface area (Å²) in [5.41, 5.74) is 6.23. The summed E-state index contributed by atoms with van der Waals surface area (Å²) in [5.74, 6) is 1.31. The van der Waals surface area contributed by atoms with Crippen LogP contribution < -0.4 is 15.2 Å². The number of aliphatic hydroxyl groups is 1. The Morgan fingerprint density at radius 1 is 1.30 bits per heavy atom. The van der Waals surface area contributed by atoms with Gasteiger partial charge in [0.05, 0.1) is 26.9 Å². The molecule has 2 unspecified atom stereocenters. The number of ether oxygens (including phenoxy) is 3. The Labute approximate surface area is 119 Å². The largest absolute Gasteiger partial charge is 0.497 e. The van der Waals surface area contributed by atoms with Gasteiger partial charge in [0.1, 0.15) is 11.5 Å². The molecule has 1 heterocycles. The minimum atomic E-state index is -0.697. The van der Waals surface area contributed by atoms with E-state index in [0.717, 1.165) is 25.0 Å². The third kappa shape index (κ3) is 2.90. The second-order valence-corrected chi connectivity index (χ2v) is 5.27. The fourth-order valence-electron chi connectivity index (χ4n) is 2.70. The van der Waals surface area contributed by atoms with E-state index in [4.69, 9.17) is 19.9 Å². The van der Waals surface area contributed by atoms with Gasteiger partial charge in [0.15, 0.2) is 0 Å². The first-order chi connectivity index (χ1) is 9.65. The van der Waals surface area contributed by atoms with Crippen molar-refractivity contribution < 1.29 is 19.3 Å². The highest BCUT2D eigenvalue weighted by Gasteiger charge is 2.40. The van der Waals surface area contributed by atoms with Crippen LogP contribution in [-0.4, -0.2) is 39.1 Å². The van der Waals surface area contributed by atoms with Gasteiger partial charge in [0.25, 0.3) is 0 Å². The van der Waals surface area contributed by atoms with Crippen molar-refractivity contribution in [2.75, 3.05) is 34.0 Å². The third-order valence-corrected chi connectivity index (χ3v) is 4.03. The van der Waals surface area contributed by atoms with E-state index in [1.54, 1.807) is 20.3 Å². The number of hydrogen-bond acceptors (Lipinski definition) is 5. The summed E-state index contributed by atoms with van der Waals surface area (Å²) in [5, 5.41) is 10.8. The molecule has 112 valence electrons. The Balaban J connectivity index is 2.33. The number of hydrogen-bond donors (Lipinski definition) is 2. The standard InChI is InChI=1S/C15H23NO4/c1-18-12-6-11(7-13(8-12)19-2)14(17)15(9-16)4-3-5-20-10-15/h6-8,14,17H,3-5,9-10,16H2,1-2H3. The van der Waals surface area contributed by atoms with E-state index in [-0.39, 0.29) is 0 Å². The van der Waals surface area contributed by atoms with E-state index in [0.29, 0.717) is 24.7 Å². The molecule has 1 aromatic rings. The smallest absolute Gasteiger partial charge is 0.122 e. The van der Waals surface area contributed by atoms with Gasteiger partial charge in [-0.25, -0.2) is 0 Å². The lowest BCUT2D eigenvalue weighted by atomic mass is 9.75. The van der Waals surface area contributed by atoms with Crippen molar-refractivity contribution in [1.29, 1.82) is 0 Å². The lowest BCUT2D eigenvalue weighted by molar-refractivity contribution is -0.0782. The van der Waals surface area contributed by atoms with Gasteiger partial charge in [-0.05, 0) is 30.5 Å². The molecule has 2 atom stereocenters. The number of aliphatic hydroxyl groups excluding tert-OH is 1. The number of methoxy groups -OCH3 is 2. The van der Waals surface area contributed by atoms with Crippen LogP contribution in [0.2, 0.25) is 0 Å². The molecule has 1 aliphatic heterocycles. The van der Waals surface area contributed by atoms with Gasteiger partial charge < -0.3 is 25.1 Å². The van der Waals surface area contributed by atoms with Crippen LogP contribution in [0.25, 0.3) is 0 Å². The van der Waals surface area contributed by atoms with Gasteiger partial charge in [0, 0.05) is 24.6 Å². The van der Waals surface area contributed by atoms with Crippen molar-refractivity contribution in [2.45, 2.75) is 18.9 Å². The van der Waals surface area contributed by atoms with Gasteiger partial charge in [-0.15, -0.1) is 0 Å². The topological polar surface area (TPSA) is 73.9 Å². The van der Waals surface area contributed by atoms with Crippen LogP contribution in [0.4, 0.5) is 0 Å². The minimum absolute atomic E-state index is 0.383. The van der Waals surface area contributed by atoms with E-state index in [1.165, 1.54) is 0 Å². The minimum Gasteiger partial charge on any atom is -0.497 e. The van der Waals surface area contributed by atoms with Crippen LogP contribution in [0.15, 0.2) is 18.2 Å². The molecule has 0 amide bonds. The highest BCUT2D eigenvalue weighted by atomic mass is 16.5. The van der Waals surface area contributed by atoms with Crippen molar-refractivity contribution >= 4 is 0 Å². The molecule has 5 nitrogen and oxygen atoms in total. The van der Waals surface area contributed by atoms with E-state index in [2.05, 4.69) is 0 Å². The maximum absolute atomic E-state index is 10.8. The highest BCUT2D eigenvalue weighted by molar-refractivity contribution is 5.40. The molecule has 0 spiro atoms. The summed E-state index contributed by atoms with van der Waals surface area (Å²) in [7, 11) is 3.18. The molecule has 1 saturated heterocycles. The van der Waals surface area contributed by atoms with Gasteiger partial charge in [0.2, 0.25) is 0 Å². The quantitative estimate of drug-likeness (QED) is 0.855. The van der Waals surface area contributed by atoms with Crippen LogP contribution in [-0.2, 0) is 4.74 Å². The number of nitrogens with two attached hydrogens (primary N) is 1. The molecule has 3 N–H and O–H groups in total. The third-order valence-electron chi connectivity index (χ3n) is 4.03. The molecule has 20 heavy (non-hydrogen) atoms. The summed E-state index contributed by atoms with van der Waals surface area (Å²) in [6.45, 7) is 1.59. The fraction of sp³-hybridized carbons (Fsp3) is 0.600. The molecule has 0 aliphatic carbocycles. The first-order valence-electron chi connectivity index (χ1n) is 6.84. The molecular formula is C15H23NO4. The van der Waals surface area contributed by atoms with E-state index >= 15 is 0 Å². The average Bonchev–Trinajstić information content (AvgIpc) is 2.54. The summed E-state index contributed by atoms with van der Waals surface area (Å²) < 4.78 is 16.0. The Morgan fingerprint density at radius 2 is 1.95 bits per heavy atom. The predicted octanol–water partition coefficient (Wildman–Crippen LogP) is 1.49. The Bertz CT molecular complexity index is 421. The average molecular weight is 281 g/mol. The molecule has 2 rings (SSSR count). The lowest BCUT2D eigenvalue weighted by Crippen LogP contribution is -2.43. The highest BCUT2D eigenvalue weighted by Crippen LogP contribution is 2.41. The molecule has 0 bridgehead atoms. The summed E-state index contributed by atoms with van der Waals surface area (Å²) in [6.07, 6.45) is 1.07. The van der Waals surface area contributed by atoms with Crippen LogP contribution in [0, 0.1) is 5.41 Å². The van der Waals surface area contributed by atoms with Gasteiger partial charge >= 0.3 is 0 Å². The van der Waals surface area contributed by atoms with Crippen molar-refractivity contribution in [2.24, 2.45) is 11.1 Å². The van der Waals surface area contributed by atoms with Crippen molar-refractivity contribution in [3.63, 3.8) is 0 Å². The number of benzene rings is 1. The fourth-order valence-corrected chi connectivity index (χ4v) is 2.70. The Hall–Kier alpha value is -1.30. The summed E-state index contributed by atoms with van der Waals surface area (Å²) in [4.78, 5) is 0. The van der Waals surface area contributed by atoms with Crippen molar-refractivity contribution in [3.8, 4) is 11.5 Å². The van der Waals surface area contributed by atoms with Gasteiger partial charge in [-0.3, -0.25) is 0 Å². The molecule has 1 aromatic carbocycles. The molecule has 0 saturated carbocycles. The zero-order valence-electron chi connectivity index (χ0n) is 12.1. The normalized spacial score (nSPS) is 24.2. The maximum Gasteiger partial charge on any atom is 0.122 e. The van der Waals surface area contributed by atoms with Crippen LogP contribution in [0.1, 0.15) is 24.5 Å². The zero-order valence-corrected chi connectivity index (χ0v) is 12.1. The molecule has 0 radical (unpaired) electrons. The monoisotopic (exact) mass is 281 g/mol. The van der Waals surface area contributed by atoms with E-state index in [1.807, 2.05) is 12.1 Å². The second-order valence-electron chi connectivity index (χ2n) is 5.27. The summed E-state index contributed by atoms with van der Waals surface area (Å²) in [6, 6.07) is 5.42. The maximum atomic E-state index is 10.8. The van der Waals surface area contributed by atoms with Crippen LogP contribution in [0.5, 0.6) is 11.5 Å². The summed E-state index contributed by atoms with van der Waals surface area (Å²) >= 11 is 0. The number of rotatable bonds is 5. The second kappa shape index (κ2) is 6.43. The van der Waals surface area contributed by atoms with Crippen molar-refractivity contribution in [3.05, 3.63) is 23.8 Å². The van der Waals surface area contributed by atoms with Crippen LogP contribution in [0.3, 0.4) is 0 Å². The SMILES string of the molecule is COc1cc(OC)cc(C(O)C2(CN)CCCOC2)c1. The van der Waals surface area contributed by atoms with E-state index in [9.17, 15) is 5.11 Å². The molecule has 5 heteroatoms. The van der Waals surface area contributed by atoms with Gasteiger partial charge in [-0.2, -0.15) is 0 Å². The molecule has 0 aromatic heterocycles. The van der Waals surface area contributed by atoms with Gasteiger partial charge in [-0.1, -0.05) is 0 Å². The first kappa shape index (κ1) is 15.1. The Morgan fingerprint density at radius 3 is 2.40 bits per heavy atom. The predicted molar refractivity (Wildman–Crippen MR) is 76.0 cm³/mol. The molecular weight excluding hydrogens is 258 g/mol. The Kier molecular flexibility index (Phi) is 4.86. The molecule has 1 fully saturated rings. The zero-order chi connectivity index (χ0) is 14.6.